The highest BCUT2D eigenvalue weighted by molar-refractivity contribution is 5.96. The van der Waals surface area contributed by atoms with Gasteiger partial charge in [0.15, 0.2) is 5.78 Å². The molecule has 2 heteroatoms. The van der Waals surface area contributed by atoms with Crippen molar-refractivity contribution in [2.75, 3.05) is 0 Å². The quantitative estimate of drug-likeness (QED) is 0.549. The van der Waals surface area contributed by atoms with Crippen molar-refractivity contribution in [1.29, 1.82) is 0 Å². The Morgan fingerprint density at radius 1 is 1.06 bits per heavy atom. The molecule has 0 aromatic heterocycles. The molecule has 1 nitrogen and oxygen atoms in total. The Morgan fingerprint density at radius 3 is 2.44 bits per heavy atom. The number of ketones is 1. The van der Waals surface area contributed by atoms with Crippen LogP contribution >= 0.6 is 0 Å². The second kappa shape index (κ2) is 5.29. The van der Waals surface area contributed by atoms with Crippen LogP contribution in [0.3, 0.4) is 0 Å². The molecule has 0 bridgehead atoms. The minimum Gasteiger partial charge on any atom is -0.294 e. The summed E-state index contributed by atoms with van der Waals surface area (Å²) in [7, 11) is 0. The number of rotatable bonds is 1. The molecule has 0 aliphatic heterocycles. The van der Waals surface area contributed by atoms with Crippen LogP contribution in [-0.2, 0) is 0 Å². The van der Waals surface area contributed by atoms with E-state index in [1.165, 1.54) is 25.1 Å². The highest BCUT2D eigenvalue weighted by atomic mass is 19.1. The maximum Gasteiger partial charge on any atom is 0.161 e. The Balaban J connectivity index is 2.43. The standard InChI is InChI=1S/C16H11FO/c1-12(18)16-10-9-15(17)11-14(16)8-7-13-5-3-2-4-6-13/h2-6,9-11H,1H3. The minimum absolute atomic E-state index is 0.118. The zero-order valence-corrected chi connectivity index (χ0v) is 9.91. The van der Waals surface area contributed by atoms with Crippen LogP contribution in [0.5, 0.6) is 0 Å². The molecule has 0 aliphatic rings. The van der Waals surface area contributed by atoms with Crippen molar-refractivity contribution in [2.24, 2.45) is 0 Å². The Labute approximate surface area is 105 Å². The SMILES string of the molecule is CC(=O)c1ccc(F)cc1C#Cc1ccccc1. The predicted molar refractivity (Wildman–Crippen MR) is 68.8 cm³/mol. The fraction of sp³-hybridized carbons (Fsp3) is 0.0625. The maximum absolute atomic E-state index is 13.2. The molecule has 0 saturated heterocycles. The van der Waals surface area contributed by atoms with Gasteiger partial charge >= 0.3 is 0 Å². The molecule has 0 amide bonds. The molecule has 2 rings (SSSR count). The van der Waals surface area contributed by atoms with E-state index in [9.17, 15) is 9.18 Å². The molecule has 0 aliphatic carbocycles. The Morgan fingerprint density at radius 2 is 1.78 bits per heavy atom. The van der Waals surface area contributed by atoms with Gasteiger partial charge in [-0.05, 0) is 37.3 Å². The summed E-state index contributed by atoms with van der Waals surface area (Å²) in [5.74, 6) is 5.25. The van der Waals surface area contributed by atoms with Gasteiger partial charge in [-0.2, -0.15) is 0 Å². The number of halogens is 1. The Bertz CT molecular complexity index is 633. The maximum atomic E-state index is 13.2. The van der Waals surface area contributed by atoms with Crippen LogP contribution in [-0.4, -0.2) is 5.78 Å². The molecule has 0 radical (unpaired) electrons. The van der Waals surface area contributed by atoms with Gasteiger partial charge in [0.05, 0.1) is 0 Å². The van der Waals surface area contributed by atoms with Crippen molar-refractivity contribution in [3.63, 3.8) is 0 Å². The van der Waals surface area contributed by atoms with Gasteiger partial charge in [0.1, 0.15) is 5.82 Å². The van der Waals surface area contributed by atoms with Crippen LogP contribution in [0.2, 0.25) is 0 Å². The van der Waals surface area contributed by atoms with Gasteiger partial charge < -0.3 is 0 Å². The molecule has 0 unspecified atom stereocenters. The lowest BCUT2D eigenvalue weighted by molar-refractivity contribution is 0.101. The van der Waals surface area contributed by atoms with Crippen LogP contribution in [0.15, 0.2) is 48.5 Å². The second-order valence-electron chi connectivity index (χ2n) is 3.86. The van der Waals surface area contributed by atoms with Crippen molar-refractivity contribution >= 4 is 5.78 Å². The highest BCUT2D eigenvalue weighted by Gasteiger charge is 2.06. The Hall–Kier alpha value is -2.40. The molecular formula is C16H11FO. The first-order chi connectivity index (χ1) is 8.66. The number of Topliss-reactive ketones (excluding diaryl/α,β-unsaturated/α-hetero) is 1. The molecule has 18 heavy (non-hydrogen) atoms. The largest absolute Gasteiger partial charge is 0.294 e. The predicted octanol–water partition coefficient (Wildman–Crippen LogP) is 3.43. The van der Waals surface area contributed by atoms with E-state index in [0.29, 0.717) is 11.1 Å². The van der Waals surface area contributed by atoms with E-state index >= 15 is 0 Å². The van der Waals surface area contributed by atoms with Crippen LogP contribution in [0.25, 0.3) is 0 Å². The van der Waals surface area contributed by atoms with Crippen molar-refractivity contribution in [1.82, 2.24) is 0 Å². The van der Waals surface area contributed by atoms with E-state index in [2.05, 4.69) is 11.8 Å². The summed E-state index contributed by atoms with van der Waals surface area (Å²) in [6.45, 7) is 1.45. The molecule has 2 aromatic carbocycles. The van der Waals surface area contributed by atoms with Gasteiger partial charge in [0.2, 0.25) is 0 Å². The first kappa shape index (κ1) is 12.1. The molecule has 0 saturated carbocycles. The summed E-state index contributed by atoms with van der Waals surface area (Å²) < 4.78 is 13.2. The van der Waals surface area contributed by atoms with Crippen molar-refractivity contribution < 1.29 is 9.18 Å². The highest BCUT2D eigenvalue weighted by Crippen LogP contribution is 2.11. The van der Waals surface area contributed by atoms with Gasteiger partial charge in [-0.25, -0.2) is 4.39 Å². The molecule has 88 valence electrons. The summed E-state index contributed by atoms with van der Waals surface area (Å²) in [4.78, 5) is 11.4. The zero-order chi connectivity index (χ0) is 13.0. The van der Waals surface area contributed by atoms with Gasteiger partial charge in [0, 0.05) is 16.7 Å². The topological polar surface area (TPSA) is 17.1 Å². The van der Waals surface area contributed by atoms with E-state index < -0.39 is 5.82 Å². The number of hydrogen-bond acceptors (Lipinski definition) is 1. The fourth-order valence-electron chi connectivity index (χ4n) is 1.59. The number of carbonyl (C=O) groups excluding carboxylic acids is 1. The lowest BCUT2D eigenvalue weighted by Crippen LogP contribution is -1.97. The van der Waals surface area contributed by atoms with Gasteiger partial charge in [-0.1, -0.05) is 30.0 Å². The first-order valence-corrected chi connectivity index (χ1v) is 5.54. The minimum atomic E-state index is -0.391. The summed E-state index contributed by atoms with van der Waals surface area (Å²) in [5, 5.41) is 0. The smallest absolute Gasteiger partial charge is 0.161 e. The van der Waals surface area contributed by atoms with Crippen LogP contribution in [0, 0.1) is 17.7 Å². The van der Waals surface area contributed by atoms with Gasteiger partial charge in [0.25, 0.3) is 0 Å². The molecule has 2 aromatic rings. The fourth-order valence-corrected chi connectivity index (χ4v) is 1.59. The lowest BCUT2D eigenvalue weighted by Gasteiger charge is -1.99. The van der Waals surface area contributed by atoms with Gasteiger partial charge in [-0.15, -0.1) is 0 Å². The van der Waals surface area contributed by atoms with Crippen molar-refractivity contribution in [3.05, 3.63) is 71.0 Å². The van der Waals surface area contributed by atoms with Crippen molar-refractivity contribution in [3.8, 4) is 11.8 Å². The number of hydrogen-bond donors (Lipinski definition) is 0. The van der Waals surface area contributed by atoms with Crippen LogP contribution < -0.4 is 0 Å². The van der Waals surface area contributed by atoms with Crippen LogP contribution in [0.1, 0.15) is 28.4 Å². The third-order valence-electron chi connectivity index (χ3n) is 2.48. The Kier molecular flexibility index (Phi) is 3.54. The molecule has 0 N–H and O–H groups in total. The van der Waals surface area contributed by atoms with E-state index in [-0.39, 0.29) is 5.78 Å². The summed E-state index contributed by atoms with van der Waals surface area (Å²) in [6, 6.07) is 13.4. The average Bonchev–Trinajstić information content (AvgIpc) is 2.37. The third kappa shape index (κ3) is 2.83. The van der Waals surface area contributed by atoms with E-state index in [1.54, 1.807) is 0 Å². The average molecular weight is 238 g/mol. The number of benzene rings is 2. The van der Waals surface area contributed by atoms with Gasteiger partial charge in [-0.3, -0.25) is 4.79 Å². The zero-order valence-electron chi connectivity index (χ0n) is 9.91. The monoisotopic (exact) mass is 238 g/mol. The molecular weight excluding hydrogens is 227 g/mol. The molecule has 0 heterocycles. The third-order valence-corrected chi connectivity index (χ3v) is 2.48. The number of carbonyl (C=O) groups is 1. The normalized spacial score (nSPS) is 9.44. The summed E-state index contributed by atoms with van der Waals surface area (Å²) in [6.07, 6.45) is 0. The van der Waals surface area contributed by atoms with E-state index in [1.807, 2.05) is 30.3 Å². The lowest BCUT2D eigenvalue weighted by atomic mass is 10.0. The molecule has 0 spiro atoms. The second-order valence-corrected chi connectivity index (χ2v) is 3.86. The molecule has 0 atom stereocenters. The molecule has 0 fully saturated rings. The van der Waals surface area contributed by atoms with Crippen molar-refractivity contribution in [2.45, 2.75) is 6.92 Å². The van der Waals surface area contributed by atoms with E-state index in [0.717, 1.165) is 5.56 Å². The van der Waals surface area contributed by atoms with E-state index in [4.69, 9.17) is 0 Å². The summed E-state index contributed by atoms with van der Waals surface area (Å²) in [5.41, 5.74) is 1.70. The van der Waals surface area contributed by atoms with Crippen LogP contribution in [0.4, 0.5) is 4.39 Å². The first-order valence-electron chi connectivity index (χ1n) is 5.54. The summed E-state index contributed by atoms with van der Waals surface area (Å²) >= 11 is 0.